The lowest BCUT2D eigenvalue weighted by Crippen LogP contribution is -2.43. The van der Waals surface area contributed by atoms with E-state index >= 15 is 0 Å². The largest absolute Gasteiger partial charge is 0.375 e. The van der Waals surface area contributed by atoms with Crippen molar-refractivity contribution in [1.82, 2.24) is 19.2 Å². The third-order valence-electron chi connectivity index (χ3n) is 5.72. The summed E-state index contributed by atoms with van der Waals surface area (Å²) in [6.07, 6.45) is 10.7. The van der Waals surface area contributed by atoms with E-state index in [0.717, 1.165) is 45.3 Å². The highest BCUT2D eigenvalue weighted by atomic mass is 32.2. The zero-order chi connectivity index (χ0) is 20.1. The van der Waals surface area contributed by atoms with Crippen LogP contribution in [0.15, 0.2) is 53.9 Å². The minimum absolute atomic E-state index is 0.144. The maximum atomic E-state index is 12.7. The number of hydrogen-bond donors (Lipinski definition) is 0. The maximum absolute atomic E-state index is 12.7. The molecule has 0 atom stereocenters. The molecular formula is C21H28N4O3S. The van der Waals surface area contributed by atoms with Crippen LogP contribution in [0.25, 0.3) is 0 Å². The highest BCUT2D eigenvalue weighted by Gasteiger charge is 2.31. The van der Waals surface area contributed by atoms with Gasteiger partial charge < -0.3 is 4.74 Å². The van der Waals surface area contributed by atoms with Crippen molar-refractivity contribution in [2.24, 2.45) is 0 Å². The summed E-state index contributed by atoms with van der Waals surface area (Å²) >= 11 is 0. The highest BCUT2D eigenvalue weighted by Crippen LogP contribution is 2.25. The molecule has 2 aromatic rings. The van der Waals surface area contributed by atoms with Crippen molar-refractivity contribution in [2.45, 2.75) is 49.3 Å². The van der Waals surface area contributed by atoms with Crippen LogP contribution in [0.2, 0.25) is 0 Å². The van der Waals surface area contributed by atoms with Gasteiger partial charge in [-0.3, -0.25) is 14.9 Å². The standard InChI is InChI=1S/C21H28N4O3S/c26-29(27,21-4-2-10-23-16-21)25-13-7-20(8-14-25)28-19-5-11-24(12-6-19)17-18-3-1-9-22-15-18/h1-4,9-10,15-16,19-20H,5-8,11-14,17H2. The van der Waals surface area contributed by atoms with Gasteiger partial charge in [0, 0.05) is 57.5 Å². The number of piperidine rings is 2. The van der Waals surface area contributed by atoms with Gasteiger partial charge in [-0.05, 0) is 49.4 Å². The Morgan fingerprint density at radius 1 is 0.897 bits per heavy atom. The first-order valence-corrected chi connectivity index (χ1v) is 11.7. The van der Waals surface area contributed by atoms with Gasteiger partial charge in [0.1, 0.15) is 4.90 Å². The molecule has 4 rings (SSSR count). The molecule has 0 saturated carbocycles. The van der Waals surface area contributed by atoms with Crippen LogP contribution < -0.4 is 0 Å². The average Bonchev–Trinajstić information content (AvgIpc) is 2.77. The second kappa shape index (κ2) is 9.30. The lowest BCUT2D eigenvalue weighted by molar-refractivity contribution is -0.0595. The number of rotatable bonds is 6. The Balaban J connectivity index is 1.22. The minimum Gasteiger partial charge on any atom is -0.375 e. The quantitative estimate of drug-likeness (QED) is 0.719. The van der Waals surface area contributed by atoms with Gasteiger partial charge in [-0.15, -0.1) is 0 Å². The first-order chi connectivity index (χ1) is 14.1. The molecular weight excluding hydrogens is 388 g/mol. The average molecular weight is 417 g/mol. The summed E-state index contributed by atoms with van der Waals surface area (Å²) in [6, 6.07) is 7.35. The molecule has 2 fully saturated rings. The van der Waals surface area contributed by atoms with Gasteiger partial charge in [0.05, 0.1) is 12.2 Å². The van der Waals surface area contributed by atoms with Gasteiger partial charge in [-0.2, -0.15) is 4.31 Å². The Hall–Kier alpha value is -1.87. The summed E-state index contributed by atoms with van der Waals surface area (Å²) in [5, 5.41) is 0. The Morgan fingerprint density at radius 2 is 1.52 bits per heavy atom. The van der Waals surface area contributed by atoms with Crippen LogP contribution in [0.4, 0.5) is 0 Å². The summed E-state index contributed by atoms with van der Waals surface area (Å²) < 4.78 is 33.3. The molecule has 2 saturated heterocycles. The van der Waals surface area contributed by atoms with Crippen molar-refractivity contribution < 1.29 is 13.2 Å². The van der Waals surface area contributed by atoms with Crippen LogP contribution in [0, 0.1) is 0 Å². The minimum atomic E-state index is -3.45. The van der Waals surface area contributed by atoms with Crippen molar-refractivity contribution in [3.05, 3.63) is 54.6 Å². The Morgan fingerprint density at radius 3 is 2.10 bits per heavy atom. The summed E-state index contributed by atoms with van der Waals surface area (Å²) in [7, 11) is -3.45. The number of pyridine rings is 2. The topological polar surface area (TPSA) is 75.6 Å². The summed E-state index contributed by atoms with van der Waals surface area (Å²) in [5.74, 6) is 0. The predicted molar refractivity (Wildman–Crippen MR) is 110 cm³/mol. The Bertz CT molecular complexity index is 863. The molecule has 8 heteroatoms. The molecule has 0 radical (unpaired) electrons. The van der Waals surface area contributed by atoms with Gasteiger partial charge in [0.2, 0.25) is 10.0 Å². The first-order valence-electron chi connectivity index (χ1n) is 10.3. The van der Waals surface area contributed by atoms with Crippen molar-refractivity contribution in [2.75, 3.05) is 26.2 Å². The number of aromatic nitrogens is 2. The molecule has 0 unspecified atom stereocenters. The molecule has 0 amide bonds. The van der Waals surface area contributed by atoms with Crippen LogP contribution in [0.3, 0.4) is 0 Å². The Labute approximate surface area is 172 Å². The summed E-state index contributed by atoms with van der Waals surface area (Å²) in [5.41, 5.74) is 1.24. The van der Waals surface area contributed by atoms with Crippen molar-refractivity contribution >= 4 is 10.0 Å². The van der Waals surface area contributed by atoms with E-state index in [9.17, 15) is 8.42 Å². The van der Waals surface area contributed by atoms with Gasteiger partial charge >= 0.3 is 0 Å². The molecule has 29 heavy (non-hydrogen) atoms. The van der Waals surface area contributed by atoms with Crippen LogP contribution in [-0.2, 0) is 21.3 Å². The van der Waals surface area contributed by atoms with Crippen molar-refractivity contribution in [3.8, 4) is 0 Å². The number of nitrogens with zero attached hydrogens (tertiary/aromatic N) is 4. The fourth-order valence-electron chi connectivity index (χ4n) is 4.08. The van der Waals surface area contributed by atoms with Crippen molar-refractivity contribution in [3.63, 3.8) is 0 Å². The van der Waals surface area contributed by atoms with E-state index in [1.807, 2.05) is 12.3 Å². The molecule has 2 aliphatic rings. The first kappa shape index (κ1) is 20.4. The number of ether oxygens (including phenoxy) is 1. The number of sulfonamides is 1. The van der Waals surface area contributed by atoms with E-state index in [-0.39, 0.29) is 17.1 Å². The molecule has 156 valence electrons. The van der Waals surface area contributed by atoms with E-state index < -0.39 is 10.0 Å². The van der Waals surface area contributed by atoms with Gasteiger partial charge in [0.25, 0.3) is 0 Å². The SMILES string of the molecule is O=S(=O)(c1cccnc1)N1CCC(OC2CCN(Cc3cccnc3)CC2)CC1. The van der Waals surface area contributed by atoms with E-state index in [1.54, 1.807) is 28.8 Å². The van der Waals surface area contributed by atoms with E-state index in [2.05, 4.69) is 20.9 Å². The smallest absolute Gasteiger partial charge is 0.244 e. The third-order valence-corrected chi connectivity index (χ3v) is 7.60. The summed E-state index contributed by atoms with van der Waals surface area (Å²) in [6.45, 7) is 3.98. The fourth-order valence-corrected chi connectivity index (χ4v) is 5.52. The van der Waals surface area contributed by atoms with Crippen molar-refractivity contribution in [1.29, 1.82) is 0 Å². The molecule has 0 spiro atoms. The maximum Gasteiger partial charge on any atom is 0.244 e. The monoisotopic (exact) mass is 416 g/mol. The molecule has 0 bridgehead atoms. The zero-order valence-corrected chi connectivity index (χ0v) is 17.4. The van der Waals surface area contributed by atoms with Gasteiger partial charge in [-0.1, -0.05) is 6.07 Å². The summed E-state index contributed by atoms with van der Waals surface area (Å²) in [4.78, 5) is 10.8. The third kappa shape index (κ3) is 5.19. The second-order valence-electron chi connectivity index (χ2n) is 7.77. The van der Waals surface area contributed by atoms with Crippen LogP contribution >= 0.6 is 0 Å². The molecule has 0 aromatic carbocycles. The second-order valence-corrected chi connectivity index (χ2v) is 9.70. The molecule has 0 aliphatic carbocycles. The molecule has 2 aliphatic heterocycles. The molecule has 0 N–H and O–H groups in total. The van der Waals surface area contributed by atoms with E-state index in [4.69, 9.17) is 4.74 Å². The van der Waals surface area contributed by atoms with Crippen LogP contribution in [0.5, 0.6) is 0 Å². The zero-order valence-electron chi connectivity index (χ0n) is 16.6. The lowest BCUT2D eigenvalue weighted by atomic mass is 10.0. The molecule has 2 aromatic heterocycles. The number of likely N-dealkylation sites (tertiary alicyclic amines) is 1. The predicted octanol–water partition coefficient (Wildman–Crippen LogP) is 2.31. The van der Waals surface area contributed by atoms with Crippen LogP contribution in [-0.4, -0.2) is 66.0 Å². The molecule has 7 nitrogen and oxygen atoms in total. The van der Waals surface area contributed by atoms with E-state index in [0.29, 0.717) is 13.1 Å². The van der Waals surface area contributed by atoms with Gasteiger partial charge in [0.15, 0.2) is 0 Å². The van der Waals surface area contributed by atoms with E-state index in [1.165, 1.54) is 11.8 Å². The van der Waals surface area contributed by atoms with Crippen LogP contribution in [0.1, 0.15) is 31.2 Å². The normalized spacial score (nSPS) is 20.7. The molecule has 4 heterocycles. The Kier molecular flexibility index (Phi) is 6.54. The lowest BCUT2D eigenvalue weighted by Gasteiger charge is -2.36. The van der Waals surface area contributed by atoms with Gasteiger partial charge in [-0.25, -0.2) is 8.42 Å². The number of hydrogen-bond acceptors (Lipinski definition) is 6. The fraction of sp³-hybridized carbons (Fsp3) is 0.524. The highest BCUT2D eigenvalue weighted by molar-refractivity contribution is 7.89.